The number of carbonyl (C=O) groups excluding carboxylic acids is 1. The third-order valence-electron chi connectivity index (χ3n) is 5.57. The number of fused-ring (bicyclic) bond motifs is 1. The number of aromatic nitrogens is 1. The summed E-state index contributed by atoms with van der Waals surface area (Å²) in [6, 6.07) is 4.41. The lowest BCUT2D eigenvalue weighted by Gasteiger charge is -2.19. The van der Waals surface area contributed by atoms with Gasteiger partial charge in [-0.15, -0.1) is 11.3 Å². The number of methoxy groups -OCH3 is 1. The molecule has 1 unspecified atom stereocenters. The quantitative estimate of drug-likeness (QED) is 0.640. The van der Waals surface area contributed by atoms with Crippen LogP contribution in [0.5, 0.6) is 5.75 Å². The minimum atomic E-state index is -3.75. The maximum Gasteiger partial charge on any atom is 0.257 e. The fourth-order valence-corrected chi connectivity index (χ4v) is 6.45. The van der Waals surface area contributed by atoms with E-state index in [4.69, 9.17) is 4.74 Å². The fourth-order valence-electron chi connectivity index (χ4n) is 3.83. The number of rotatable bonds is 8. The number of nitrogens with zero attached hydrogens (tertiary/aromatic N) is 1. The third-order valence-corrected chi connectivity index (χ3v) is 8.15. The highest BCUT2D eigenvalue weighted by atomic mass is 32.2. The van der Waals surface area contributed by atoms with Gasteiger partial charge in [0.25, 0.3) is 5.91 Å². The van der Waals surface area contributed by atoms with Crippen molar-refractivity contribution in [3.63, 3.8) is 0 Å². The number of amides is 1. The van der Waals surface area contributed by atoms with Gasteiger partial charge >= 0.3 is 0 Å². The molecule has 9 heteroatoms. The average molecular weight is 450 g/mol. The number of aryl methyl sites for hydroxylation is 1. The molecule has 2 N–H and O–H groups in total. The molecule has 1 atom stereocenters. The zero-order valence-electron chi connectivity index (χ0n) is 17.2. The van der Waals surface area contributed by atoms with Crippen LogP contribution >= 0.6 is 11.3 Å². The maximum atomic E-state index is 12.8. The summed E-state index contributed by atoms with van der Waals surface area (Å²) < 4.78 is 33.2. The molecule has 1 heterocycles. The minimum absolute atomic E-state index is 0.0228. The number of anilines is 1. The van der Waals surface area contributed by atoms with E-state index in [9.17, 15) is 13.2 Å². The van der Waals surface area contributed by atoms with Gasteiger partial charge in [0.1, 0.15) is 10.6 Å². The van der Waals surface area contributed by atoms with Gasteiger partial charge < -0.3 is 4.74 Å². The zero-order chi connectivity index (χ0) is 21.3. The molecule has 30 heavy (non-hydrogen) atoms. The van der Waals surface area contributed by atoms with Gasteiger partial charge in [-0.1, -0.05) is 19.8 Å². The molecule has 1 amide bonds. The van der Waals surface area contributed by atoms with Gasteiger partial charge in [0.2, 0.25) is 10.0 Å². The van der Waals surface area contributed by atoms with E-state index >= 15 is 0 Å². The van der Waals surface area contributed by atoms with Gasteiger partial charge in [-0.2, -0.15) is 0 Å². The lowest BCUT2D eigenvalue weighted by Crippen LogP contribution is -2.26. The predicted octanol–water partition coefficient (Wildman–Crippen LogP) is 3.75. The molecule has 7 nitrogen and oxygen atoms in total. The molecule has 0 radical (unpaired) electrons. The molecule has 162 valence electrons. The van der Waals surface area contributed by atoms with Crippen LogP contribution in [0, 0.1) is 5.92 Å². The molecule has 2 aliphatic carbocycles. The van der Waals surface area contributed by atoms with Crippen molar-refractivity contribution in [1.29, 1.82) is 0 Å². The first-order valence-corrected chi connectivity index (χ1v) is 12.7. The van der Waals surface area contributed by atoms with Crippen molar-refractivity contribution in [3.8, 4) is 5.75 Å². The van der Waals surface area contributed by atoms with Gasteiger partial charge in [-0.25, -0.2) is 18.1 Å². The van der Waals surface area contributed by atoms with E-state index in [-0.39, 0.29) is 28.2 Å². The van der Waals surface area contributed by atoms with Crippen LogP contribution in [0.2, 0.25) is 0 Å². The van der Waals surface area contributed by atoms with E-state index in [0.717, 1.165) is 37.8 Å². The molecule has 1 saturated carbocycles. The van der Waals surface area contributed by atoms with Crippen LogP contribution in [0.15, 0.2) is 23.1 Å². The predicted molar refractivity (Wildman–Crippen MR) is 117 cm³/mol. The molecule has 1 fully saturated rings. The summed E-state index contributed by atoms with van der Waals surface area (Å²) in [5, 5.41) is 3.41. The van der Waals surface area contributed by atoms with Crippen LogP contribution < -0.4 is 14.8 Å². The van der Waals surface area contributed by atoms with E-state index in [1.807, 2.05) is 0 Å². The molecule has 0 saturated heterocycles. The van der Waals surface area contributed by atoms with Gasteiger partial charge in [0, 0.05) is 16.5 Å². The highest BCUT2D eigenvalue weighted by molar-refractivity contribution is 7.89. The Morgan fingerprint density at radius 1 is 1.30 bits per heavy atom. The Morgan fingerprint density at radius 3 is 2.80 bits per heavy atom. The topological polar surface area (TPSA) is 97.4 Å². The lowest BCUT2D eigenvalue weighted by atomic mass is 9.88. The number of benzene rings is 1. The monoisotopic (exact) mass is 449 g/mol. The number of hydrogen-bond donors (Lipinski definition) is 2. The van der Waals surface area contributed by atoms with Gasteiger partial charge in [0.05, 0.1) is 12.8 Å². The van der Waals surface area contributed by atoms with E-state index in [1.165, 1.54) is 48.3 Å². The normalized spacial score (nSPS) is 18.7. The second-order valence-electron chi connectivity index (χ2n) is 8.00. The van der Waals surface area contributed by atoms with E-state index in [2.05, 4.69) is 21.9 Å². The SMILES string of the molecule is CCCC1CCc2nc(NC(=O)c3ccc(OC)c(S(=O)(=O)NC4CC4)c3)sc2C1. The molecule has 0 spiro atoms. The Kier molecular flexibility index (Phi) is 6.13. The first-order chi connectivity index (χ1) is 14.4. The van der Waals surface area contributed by atoms with Crippen LogP contribution in [0.25, 0.3) is 0 Å². The summed E-state index contributed by atoms with van der Waals surface area (Å²) in [7, 11) is -2.34. The molecule has 4 rings (SSSR count). The molecular weight excluding hydrogens is 422 g/mol. The van der Waals surface area contributed by atoms with E-state index in [0.29, 0.717) is 11.0 Å². The van der Waals surface area contributed by atoms with Crippen molar-refractivity contribution in [3.05, 3.63) is 34.3 Å². The van der Waals surface area contributed by atoms with E-state index < -0.39 is 10.0 Å². The Hall–Kier alpha value is -1.97. The lowest BCUT2D eigenvalue weighted by molar-refractivity contribution is 0.102. The second kappa shape index (κ2) is 8.64. The minimum Gasteiger partial charge on any atom is -0.495 e. The zero-order valence-corrected chi connectivity index (χ0v) is 18.9. The van der Waals surface area contributed by atoms with Crippen LogP contribution in [-0.4, -0.2) is 32.5 Å². The molecule has 2 aromatic rings. The fraction of sp³-hybridized carbons (Fsp3) is 0.524. The summed E-state index contributed by atoms with van der Waals surface area (Å²) in [6.45, 7) is 2.21. The van der Waals surface area contributed by atoms with Crippen molar-refractivity contribution in [2.45, 2.75) is 62.8 Å². The van der Waals surface area contributed by atoms with Crippen LogP contribution in [0.1, 0.15) is 60.0 Å². The van der Waals surface area contributed by atoms with Crippen molar-refractivity contribution in [1.82, 2.24) is 9.71 Å². The molecular formula is C21H27N3O4S2. The number of thiazole rings is 1. The molecule has 0 aliphatic heterocycles. The van der Waals surface area contributed by atoms with Gasteiger partial charge in [-0.3, -0.25) is 10.1 Å². The smallest absolute Gasteiger partial charge is 0.257 e. The Bertz CT molecular complexity index is 1040. The van der Waals surface area contributed by atoms with Gasteiger partial charge in [0.15, 0.2) is 5.13 Å². The maximum absolute atomic E-state index is 12.8. The molecule has 2 aliphatic rings. The number of sulfonamides is 1. The number of carbonyl (C=O) groups is 1. The third kappa shape index (κ3) is 4.68. The van der Waals surface area contributed by atoms with Gasteiger partial charge in [-0.05, 0) is 56.2 Å². The standard InChI is InChI=1S/C21H27N3O4S2/c1-3-4-13-5-9-16-18(11-13)29-21(22-16)23-20(25)14-6-10-17(28-2)19(12-14)30(26,27)24-15-7-8-15/h6,10,12-13,15,24H,3-5,7-9,11H2,1-2H3,(H,22,23,25). The number of ether oxygens (including phenoxy) is 1. The van der Waals surface area contributed by atoms with Crippen LogP contribution in [0.3, 0.4) is 0 Å². The van der Waals surface area contributed by atoms with Crippen molar-refractivity contribution < 1.29 is 17.9 Å². The molecule has 0 bridgehead atoms. The highest BCUT2D eigenvalue weighted by Gasteiger charge is 2.30. The Balaban J connectivity index is 1.52. The molecule has 1 aromatic carbocycles. The van der Waals surface area contributed by atoms with E-state index in [1.54, 1.807) is 6.07 Å². The molecule has 1 aromatic heterocycles. The second-order valence-corrected chi connectivity index (χ2v) is 10.8. The number of nitrogens with one attached hydrogen (secondary N) is 2. The summed E-state index contributed by atoms with van der Waals surface area (Å²) >= 11 is 1.52. The number of hydrogen-bond acceptors (Lipinski definition) is 6. The van der Waals surface area contributed by atoms with Crippen molar-refractivity contribution in [2.75, 3.05) is 12.4 Å². The summed E-state index contributed by atoms with van der Waals surface area (Å²) in [4.78, 5) is 18.6. The van der Waals surface area contributed by atoms with Crippen molar-refractivity contribution >= 4 is 32.4 Å². The van der Waals surface area contributed by atoms with Crippen LogP contribution in [0.4, 0.5) is 5.13 Å². The van der Waals surface area contributed by atoms with Crippen LogP contribution in [-0.2, 0) is 22.9 Å². The Labute approximate surface area is 181 Å². The first kappa shape index (κ1) is 21.3. The summed E-state index contributed by atoms with van der Waals surface area (Å²) in [5.41, 5.74) is 1.33. The largest absolute Gasteiger partial charge is 0.495 e. The first-order valence-electron chi connectivity index (χ1n) is 10.4. The van der Waals surface area contributed by atoms with Crippen molar-refractivity contribution in [2.24, 2.45) is 5.92 Å². The Morgan fingerprint density at radius 2 is 2.10 bits per heavy atom. The average Bonchev–Trinajstić information content (AvgIpc) is 3.43. The summed E-state index contributed by atoms with van der Waals surface area (Å²) in [6.07, 6.45) is 7.17. The highest BCUT2D eigenvalue weighted by Crippen LogP contribution is 2.34. The summed E-state index contributed by atoms with van der Waals surface area (Å²) in [5.74, 6) is 0.530.